The molecule has 0 radical (unpaired) electrons. The molecule has 1 atom stereocenters. The SMILES string of the molecule is Cc1ccc(C(=O)C(C)OC(=O)c2cccs2)cc1. The van der Waals surface area contributed by atoms with Crippen LogP contribution < -0.4 is 0 Å². The van der Waals surface area contributed by atoms with Crippen LogP contribution in [0.2, 0.25) is 0 Å². The molecule has 0 fully saturated rings. The van der Waals surface area contributed by atoms with Gasteiger partial charge in [0.1, 0.15) is 4.88 Å². The number of carbonyl (C=O) groups is 2. The van der Waals surface area contributed by atoms with Crippen molar-refractivity contribution in [3.8, 4) is 0 Å². The largest absolute Gasteiger partial charge is 0.450 e. The van der Waals surface area contributed by atoms with Crippen LogP contribution in [0.3, 0.4) is 0 Å². The summed E-state index contributed by atoms with van der Waals surface area (Å²) < 4.78 is 5.16. The smallest absolute Gasteiger partial charge is 0.349 e. The first-order valence-corrected chi connectivity index (χ1v) is 6.81. The molecule has 1 heterocycles. The highest BCUT2D eigenvalue weighted by Gasteiger charge is 2.20. The number of thiophene rings is 1. The zero-order valence-corrected chi connectivity index (χ0v) is 11.6. The van der Waals surface area contributed by atoms with Gasteiger partial charge in [0.15, 0.2) is 6.10 Å². The second-order valence-electron chi connectivity index (χ2n) is 4.26. The number of aryl methyl sites for hydroxylation is 1. The maximum atomic E-state index is 12.1. The molecule has 3 nitrogen and oxygen atoms in total. The van der Waals surface area contributed by atoms with Gasteiger partial charge in [-0.2, -0.15) is 0 Å². The van der Waals surface area contributed by atoms with Crippen molar-refractivity contribution >= 4 is 23.1 Å². The number of rotatable bonds is 4. The summed E-state index contributed by atoms with van der Waals surface area (Å²) in [6, 6.07) is 10.7. The number of benzene rings is 1. The monoisotopic (exact) mass is 274 g/mol. The average molecular weight is 274 g/mol. The minimum absolute atomic E-state index is 0.190. The van der Waals surface area contributed by atoms with Crippen molar-refractivity contribution in [2.75, 3.05) is 0 Å². The van der Waals surface area contributed by atoms with Gasteiger partial charge in [0.05, 0.1) is 0 Å². The van der Waals surface area contributed by atoms with Gasteiger partial charge in [0, 0.05) is 5.56 Å². The van der Waals surface area contributed by atoms with Crippen LogP contribution in [-0.4, -0.2) is 17.9 Å². The number of ether oxygens (including phenoxy) is 1. The summed E-state index contributed by atoms with van der Waals surface area (Å²) >= 11 is 1.30. The fourth-order valence-corrected chi connectivity index (χ4v) is 2.22. The Balaban J connectivity index is 2.03. The van der Waals surface area contributed by atoms with E-state index in [9.17, 15) is 9.59 Å². The molecule has 1 aromatic carbocycles. The first kappa shape index (κ1) is 13.5. The first-order valence-electron chi connectivity index (χ1n) is 5.93. The van der Waals surface area contributed by atoms with Crippen LogP contribution in [0.4, 0.5) is 0 Å². The average Bonchev–Trinajstić information content (AvgIpc) is 2.92. The Bertz CT molecular complexity index is 570. The third-order valence-corrected chi connectivity index (χ3v) is 3.56. The molecule has 1 unspecified atom stereocenters. The topological polar surface area (TPSA) is 43.4 Å². The fraction of sp³-hybridized carbons (Fsp3) is 0.200. The minimum Gasteiger partial charge on any atom is -0.450 e. The van der Waals surface area contributed by atoms with Gasteiger partial charge in [0.2, 0.25) is 5.78 Å². The lowest BCUT2D eigenvalue weighted by atomic mass is 10.1. The molecule has 98 valence electrons. The molecule has 19 heavy (non-hydrogen) atoms. The number of ketones is 1. The van der Waals surface area contributed by atoms with Gasteiger partial charge in [-0.05, 0) is 25.3 Å². The van der Waals surface area contributed by atoms with E-state index < -0.39 is 12.1 Å². The number of hydrogen-bond acceptors (Lipinski definition) is 4. The van der Waals surface area contributed by atoms with Gasteiger partial charge in [-0.15, -0.1) is 11.3 Å². The van der Waals surface area contributed by atoms with Gasteiger partial charge in [-0.25, -0.2) is 4.79 Å². The summed E-state index contributed by atoms with van der Waals surface area (Å²) in [7, 11) is 0. The highest BCUT2D eigenvalue weighted by atomic mass is 32.1. The van der Waals surface area contributed by atoms with Crippen molar-refractivity contribution in [1.82, 2.24) is 0 Å². The van der Waals surface area contributed by atoms with E-state index in [-0.39, 0.29) is 5.78 Å². The Kier molecular flexibility index (Phi) is 4.12. The summed E-state index contributed by atoms with van der Waals surface area (Å²) in [5, 5.41) is 1.79. The predicted octanol–water partition coefficient (Wildman–Crippen LogP) is 3.48. The highest BCUT2D eigenvalue weighted by Crippen LogP contribution is 2.13. The predicted molar refractivity (Wildman–Crippen MR) is 74.7 cm³/mol. The fourth-order valence-electron chi connectivity index (χ4n) is 1.62. The van der Waals surface area contributed by atoms with Gasteiger partial charge in [-0.1, -0.05) is 35.9 Å². The lowest BCUT2D eigenvalue weighted by Gasteiger charge is -2.11. The van der Waals surface area contributed by atoms with Crippen LogP contribution in [0.25, 0.3) is 0 Å². The van der Waals surface area contributed by atoms with E-state index in [4.69, 9.17) is 4.74 Å². The van der Waals surface area contributed by atoms with E-state index in [1.165, 1.54) is 11.3 Å². The minimum atomic E-state index is -0.780. The van der Waals surface area contributed by atoms with E-state index in [0.717, 1.165) is 5.56 Å². The third kappa shape index (κ3) is 3.29. The standard InChI is InChI=1S/C15H14O3S/c1-10-5-7-12(8-6-10)14(16)11(2)18-15(17)13-4-3-9-19-13/h3-9,11H,1-2H3. The third-order valence-electron chi connectivity index (χ3n) is 2.71. The summed E-state index contributed by atoms with van der Waals surface area (Å²) in [5.74, 6) is -0.645. The molecular formula is C15H14O3S. The molecule has 0 aliphatic heterocycles. The van der Waals surface area contributed by atoms with Crippen molar-refractivity contribution in [3.63, 3.8) is 0 Å². The van der Waals surface area contributed by atoms with E-state index >= 15 is 0 Å². The summed E-state index contributed by atoms with van der Waals surface area (Å²) in [6.45, 7) is 3.54. The van der Waals surface area contributed by atoms with Crippen molar-refractivity contribution in [1.29, 1.82) is 0 Å². The second kappa shape index (κ2) is 5.80. The molecule has 2 aromatic rings. The van der Waals surface area contributed by atoms with Crippen molar-refractivity contribution in [2.45, 2.75) is 20.0 Å². The van der Waals surface area contributed by atoms with Crippen LogP contribution in [0.1, 0.15) is 32.5 Å². The molecule has 1 aromatic heterocycles. The number of hydrogen-bond donors (Lipinski definition) is 0. The molecule has 0 saturated heterocycles. The molecule has 0 amide bonds. The Morgan fingerprint density at radius 3 is 2.42 bits per heavy atom. The van der Waals surface area contributed by atoms with Crippen LogP contribution in [0.5, 0.6) is 0 Å². The Hall–Kier alpha value is -1.94. The highest BCUT2D eigenvalue weighted by molar-refractivity contribution is 7.11. The lowest BCUT2D eigenvalue weighted by Crippen LogP contribution is -2.24. The van der Waals surface area contributed by atoms with E-state index in [1.807, 2.05) is 19.1 Å². The second-order valence-corrected chi connectivity index (χ2v) is 5.20. The summed E-state index contributed by atoms with van der Waals surface area (Å²) in [6.07, 6.45) is -0.780. The Labute approximate surface area is 115 Å². The molecule has 0 aliphatic rings. The van der Waals surface area contributed by atoms with Gasteiger partial charge in [-0.3, -0.25) is 4.79 Å². The molecular weight excluding hydrogens is 260 g/mol. The van der Waals surface area contributed by atoms with Gasteiger partial charge >= 0.3 is 5.97 Å². The zero-order chi connectivity index (χ0) is 13.8. The van der Waals surface area contributed by atoms with Crippen LogP contribution in [-0.2, 0) is 4.74 Å². The quantitative estimate of drug-likeness (QED) is 0.633. The lowest BCUT2D eigenvalue weighted by molar-refractivity contribution is 0.0323. The van der Waals surface area contributed by atoms with Crippen LogP contribution in [0, 0.1) is 6.92 Å². The molecule has 0 spiro atoms. The molecule has 0 saturated carbocycles. The first-order chi connectivity index (χ1) is 9.08. The zero-order valence-electron chi connectivity index (χ0n) is 10.8. The maximum absolute atomic E-state index is 12.1. The van der Waals surface area contributed by atoms with Crippen molar-refractivity contribution < 1.29 is 14.3 Å². The molecule has 2 rings (SSSR count). The normalized spacial score (nSPS) is 11.9. The summed E-state index contributed by atoms with van der Waals surface area (Å²) in [4.78, 5) is 24.3. The van der Waals surface area contributed by atoms with Crippen molar-refractivity contribution in [2.24, 2.45) is 0 Å². The van der Waals surface area contributed by atoms with Crippen LogP contribution in [0.15, 0.2) is 41.8 Å². The van der Waals surface area contributed by atoms with Gasteiger partial charge < -0.3 is 4.74 Å². The maximum Gasteiger partial charge on any atom is 0.349 e. The number of carbonyl (C=O) groups excluding carboxylic acids is 2. The Morgan fingerprint density at radius 1 is 1.16 bits per heavy atom. The molecule has 0 bridgehead atoms. The molecule has 0 N–H and O–H groups in total. The number of Topliss-reactive ketones (excluding diaryl/α,β-unsaturated/α-hetero) is 1. The van der Waals surface area contributed by atoms with E-state index in [1.54, 1.807) is 36.6 Å². The molecule has 0 aliphatic carbocycles. The number of esters is 1. The van der Waals surface area contributed by atoms with E-state index in [0.29, 0.717) is 10.4 Å². The van der Waals surface area contributed by atoms with Crippen molar-refractivity contribution in [3.05, 3.63) is 57.8 Å². The summed E-state index contributed by atoms with van der Waals surface area (Å²) in [5.41, 5.74) is 1.64. The van der Waals surface area contributed by atoms with Crippen LogP contribution >= 0.6 is 11.3 Å². The van der Waals surface area contributed by atoms with E-state index in [2.05, 4.69) is 0 Å². The van der Waals surface area contributed by atoms with Gasteiger partial charge in [0.25, 0.3) is 0 Å². The molecule has 4 heteroatoms. The Morgan fingerprint density at radius 2 is 1.84 bits per heavy atom.